The van der Waals surface area contributed by atoms with Crippen molar-refractivity contribution in [1.82, 2.24) is 9.21 Å². The second kappa shape index (κ2) is 6.34. The van der Waals surface area contributed by atoms with Gasteiger partial charge in [-0.15, -0.1) is 11.3 Å². The van der Waals surface area contributed by atoms with Crippen LogP contribution in [0.2, 0.25) is 0 Å². The van der Waals surface area contributed by atoms with Gasteiger partial charge in [0.25, 0.3) is 0 Å². The van der Waals surface area contributed by atoms with Gasteiger partial charge in [-0.2, -0.15) is 4.31 Å². The third kappa shape index (κ3) is 3.32. The summed E-state index contributed by atoms with van der Waals surface area (Å²) < 4.78 is 32.4. The number of sulfonamides is 1. The van der Waals surface area contributed by atoms with Crippen LogP contribution in [0.1, 0.15) is 18.2 Å². The lowest BCUT2D eigenvalue weighted by molar-refractivity contribution is 0.124. The molecule has 118 valence electrons. The molecule has 0 aromatic carbocycles. The first-order chi connectivity index (χ1) is 10.1. The average molecular weight is 330 g/mol. The number of piperazine rings is 1. The summed E-state index contributed by atoms with van der Waals surface area (Å²) in [4.78, 5) is 3.66. The standard InChI is InChI=1S/C14H22N2O3S2/c1-12-14(4-9-19-12)21(17,18)16-7-5-15(6-8-16)11-13-3-2-10-20-13/h2-3,10,12,14H,4-9,11H2,1H3/t12-,14+/m1/s1. The molecule has 1 aromatic rings. The number of rotatable bonds is 4. The van der Waals surface area contributed by atoms with Crippen LogP contribution in [0.5, 0.6) is 0 Å². The Morgan fingerprint density at radius 1 is 1.33 bits per heavy atom. The Labute approximate surface area is 130 Å². The van der Waals surface area contributed by atoms with Gasteiger partial charge < -0.3 is 4.74 Å². The van der Waals surface area contributed by atoms with Crippen molar-refractivity contribution in [2.45, 2.75) is 31.2 Å². The zero-order valence-corrected chi connectivity index (χ0v) is 13.9. The Balaban J connectivity index is 1.57. The maximum atomic E-state index is 12.7. The van der Waals surface area contributed by atoms with Crippen molar-refractivity contribution < 1.29 is 13.2 Å². The lowest BCUT2D eigenvalue weighted by atomic mass is 10.3. The Hall–Kier alpha value is -0.470. The third-order valence-corrected chi connectivity index (χ3v) is 7.67. The highest BCUT2D eigenvalue weighted by molar-refractivity contribution is 7.89. The molecule has 3 heterocycles. The van der Waals surface area contributed by atoms with Crippen LogP contribution in [0, 0.1) is 0 Å². The van der Waals surface area contributed by atoms with E-state index in [0.717, 1.165) is 19.6 Å². The highest BCUT2D eigenvalue weighted by atomic mass is 32.2. The second-order valence-corrected chi connectivity index (χ2v) is 8.89. The molecule has 0 saturated carbocycles. The van der Waals surface area contributed by atoms with E-state index in [4.69, 9.17) is 4.74 Å². The van der Waals surface area contributed by atoms with Gasteiger partial charge >= 0.3 is 0 Å². The smallest absolute Gasteiger partial charge is 0.219 e. The average Bonchev–Trinajstić information content (AvgIpc) is 3.11. The molecule has 7 heteroatoms. The number of hydrogen-bond donors (Lipinski definition) is 0. The molecule has 0 amide bonds. The second-order valence-electron chi connectivity index (χ2n) is 5.70. The van der Waals surface area contributed by atoms with Gasteiger partial charge in [-0.1, -0.05) is 6.07 Å². The summed E-state index contributed by atoms with van der Waals surface area (Å²) in [6, 6.07) is 4.19. The van der Waals surface area contributed by atoms with Crippen LogP contribution in [0.3, 0.4) is 0 Å². The van der Waals surface area contributed by atoms with Gasteiger partial charge in [0.1, 0.15) is 5.25 Å². The maximum Gasteiger partial charge on any atom is 0.219 e. The lowest BCUT2D eigenvalue weighted by Gasteiger charge is -2.35. The molecule has 1 aromatic heterocycles. The van der Waals surface area contributed by atoms with E-state index < -0.39 is 10.0 Å². The first-order valence-electron chi connectivity index (χ1n) is 7.42. The van der Waals surface area contributed by atoms with E-state index in [0.29, 0.717) is 26.1 Å². The van der Waals surface area contributed by atoms with Gasteiger partial charge in [-0.25, -0.2) is 8.42 Å². The van der Waals surface area contributed by atoms with Gasteiger partial charge in [0.15, 0.2) is 0 Å². The van der Waals surface area contributed by atoms with E-state index in [1.54, 1.807) is 15.6 Å². The highest BCUT2D eigenvalue weighted by Crippen LogP contribution is 2.25. The van der Waals surface area contributed by atoms with Gasteiger partial charge in [-0.3, -0.25) is 4.90 Å². The van der Waals surface area contributed by atoms with Crippen LogP contribution >= 0.6 is 11.3 Å². The van der Waals surface area contributed by atoms with Crippen LogP contribution < -0.4 is 0 Å². The Kier molecular flexibility index (Phi) is 4.66. The predicted octanol–water partition coefficient (Wildman–Crippen LogP) is 1.37. The normalized spacial score (nSPS) is 29.0. The molecule has 0 radical (unpaired) electrons. The van der Waals surface area contributed by atoms with Crippen molar-refractivity contribution in [3.05, 3.63) is 22.4 Å². The zero-order valence-electron chi connectivity index (χ0n) is 12.3. The minimum atomic E-state index is -3.21. The van der Waals surface area contributed by atoms with Crippen LogP contribution in [0.4, 0.5) is 0 Å². The fourth-order valence-corrected chi connectivity index (χ4v) is 5.82. The molecule has 2 saturated heterocycles. The molecular formula is C14H22N2O3S2. The van der Waals surface area contributed by atoms with Crippen LogP contribution in [-0.2, 0) is 21.3 Å². The van der Waals surface area contributed by atoms with Gasteiger partial charge in [-0.05, 0) is 24.8 Å². The maximum absolute atomic E-state index is 12.7. The summed E-state index contributed by atoms with van der Waals surface area (Å²) in [6.07, 6.45) is 0.443. The van der Waals surface area contributed by atoms with E-state index >= 15 is 0 Å². The topological polar surface area (TPSA) is 49.9 Å². The molecular weight excluding hydrogens is 308 g/mol. The largest absolute Gasteiger partial charge is 0.377 e. The minimum Gasteiger partial charge on any atom is -0.377 e. The van der Waals surface area contributed by atoms with E-state index in [1.165, 1.54) is 4.88 Å². The van der Waals surface area contributed by atoms with Crippen molar-refractivity contribution in [3.8, 4) is 0 Å². The number of nitrogens with zero attached hydrogens (tertiary/aromatic N) is 2. The first kappa shape index (κ1) is 15.4. The summed E-state index contributed by atoms with van der Waals surface area (Å²) in [5.41, 5.74) is 0. The molecule has 2 atom stereocenters. The van der Waals surface area contributed by atoms with Gasteiger partial charge in [0, 0.05) is 44.2 Å². The molecule has 2 aliphatic heterocycles. The summed E-state index contributed by atoms with van der Waals surface area (Å²) in [5, 5.41) is 1.72. The fraction of sp³-hybridized carbons (Fsp3) is 0.714. The first-order valence-corrected chi connectivity index (χ1v) is 9.81. The van der Waals surface area contributed by atoms with Crippen molar-refractivity contribution in [2.75, 3.05) is 32.8 Å². The van der Waals surface area contributed by atoms with Crippen LogP contribution in [0.15, 0.2) is 17.5 Å². The molecule has 0 spiro atoms. The summed E-state index contributed by atoms with van der Waals surface area (Å²) in [7, 11) is -3.21. The van der Waals surface area contributed by atoms with E-state index in [-0.39, 0.29) is 11.4 Å². The van der Waals surface area contributed by atoms with Crippen LogP contribution in [-0.4, -0.2) is 61.8 Å². The summed E-state index contributed by atoms with van der Waals surface area (Å²) in [6.45, 7) is 6.15. The Morgan fingerprint density at radius 2 is 2.10 bits per heavy atom. The molecule has 3 rings (SSSR count). The number of ether oxygens (including phenoxy) is 1. The highest BCUT2D eigenvalue weighted by Gasteiger charge is 2.40. The fourth-order valence-electron chi connectivity index (χ4n) is 3.06. The molecule has 21 heavy (non-hydrogen) atoms. The minimum absolute atomic E-state index is 0.181. The Morgan fingerprint density at radius 3 is 2.67 bits per heavy atom. The number of thiophene rings is 1. The van der Waals surface area contributed by atoms with Gasteiger partial charge in [0.2, 0.25) is 10.0 Å². The van der Waals surface area contributed by atoms with Gasteiger partial charge in [0.05, 0.1) is 6.10 Å². The quantitative estimate of drug-likeness (QED) is 0.837. The SMILES string of the molecule is C[C@H]1OCC[C@@H]1S(=O)(=O)N1CCN(Cc2cccs2)CC1. The molecule has 2 fully saturated rings. The van der Waals surface area contributed by atoms with Crippen molar-refractivity contribution in [2.24, 2.45) is 0 Å². The molecule has 0 N–H and O–H groups in total. The van der Waals surface area contributed by atoms with E-state index in [9.17, 15) is 8.42 Å². The van der Waals surface area contributed by atoms with Crippen molar-refractivity contribution in [3.63, 3.8) is 0 Å². The van der Waals surface area contributed by atoms with E-state index in [2.05, 4.69) is 22.4 Å². The van der Waals surface area contributed by atoms with E-state index in [1.807, 2.05) is 6.92 Å². The lowest BCUT2D eigenvalue weighted by Crippen LogP contribution is -2.51. The monoisotopic (exact) mass is 330 g/mol. The predicted molar refractivity (Wildman–Crippen MR) is 83.9 cm³/mol. The molecule has 5 nitrogen and oxygen atoms in total. The third-order valence-electron chi connectivity index (χ3n) is 4.34. The number of hydrogen-bond acceptors (Lipinski definition) is 5. The summed E-state index contributed by atoms with van der Waals surface area (Å²) in [5.74, 6) is 0. The van der Waals surface area contributed by atoms with Crippen molar-refractivity contribution >= 4 is 21.4 Å². The summed E-state index contributed by atoms with van der Waals surface area (Å²) >= 11 is 1.75. The van der Waals surface area contributed by atoms with Crippen molar-refractivity contribution in [1.29, 1.82) is 0 Å². The molecule has 0 aliphatic carbocycles. The van der Waals surface area contributed by atoms with Crippen LogP contribution in [0.25, 0.3) is 0 Å². The molecule has 0 bridgehead atoms. The molecule has 0 unspecified atom stereocenters. The molecule has 2 aliphatic rings. The zero-order chi connectivity index (χ0) is 14.9. The Bertz CT molecular complexity index is 551.